The Kier molecular flexibility index (Phi) is 5.45. The Hall–Kier alpha value is -3.37. The summed E-state index contributed by atoms with van der Waals surface area (Å²) in [5.74, 6) is 0.482. The van der Waals surface area contributed by atoms with E-state index in [1.54, 1.807) is 6.08 Å². The molecule has 0 fully saturated rings. The number of nitrogens with zero attached hydrogens (tertiary/aromatic N) is 1. The molecule has 0 amide bonds. The van der Waals surface area contributed by atoms with E-state index in [9.17, 15) is 4.79 Å². The lowest BCUT2D eigenvalue weighted by atomic mass is 10.1. The number of esters is 1. The molecule has 144 valence electrons. The minimum atomic E-state index is -0.479. The molecule has 1 aliphatic rings. The molecule has 0 bridgehead atoms. The van der Waals surface area contributed by atoms with Crippen molar-refractivity contribution >= 4 is 29.5 Å². The smallest absolute Gasteiger partial charge is 0.363 e. The fraction of sp³-hybridized carbons (Fsp3) is 0.0833. The number of carbonyl (C=O) groups is 1. The summed E-state index contributed by atoms with van der Waals surface area (Å²) in [6.07, 6.45) is 1.68. The lowest BCUT2D eigenvalue weighted by Gasteiger charge is -2.09. The standard InChI is InChI=1S/C24H18ClNO3/c1-16-6-10-18(11-7-16)23-26-21(24(27)29-23)14-19-4-2-3-5-22(19)28-15-17-8-12-20(25)13-9-17/h2-14H,15H2,1H3/b21-14+. The number of hydrogen-bond donors (Lipinski definition) is 0. The number of halogens is 1. The van der Waals surface area contributed by atoms with E-state index in [4.69, 9.17) is 21.1 Å². The van der Waals surface area contributed by atoms with Gasteiger partial charge in [0.15, 0.2) is 5.70 Å². The first-order valence-corrected chi connectivity index (χ1v) is 9.52. The maximum Gasteiger partial charge on any atom is 0.363 e. The number of benzene rings is 3. The molecule has 3 aromatic carbocycles. The van der Waals surface area contributed by atoms with E-state index in [-0.39, 0.29) is 5.70 Å². The third kappa shape index (κ3) is 4.55. The van der Waals surface area contributed by atoms with Crippen molar-refractivity contribution in [3.8, 4) is 5.75 Å². The molecule has 0 saturated carbocycles. The van der Waals surface area contributed by atoms with Crippen LogP contribution in [0.2, 0.25) is 5.02 Å². The zero-order chi connectivity index (χ0) is 20.2. The largest absolute Gasteiger partial charge is 0.488 e. The minimum absolute atomic E-state index is 0.239. The van der Waals surface area contributed by atoms with Crippen molar-refractivity contribution in [1.29, 1.82) is 0 Å². The van der Waals surface area contributed by atoms with Crippen LogP contribution in [-0.2, 0) is 16.1 Å². The van der Waals surface area contributed by atoms with Gasteiger partial charge in [-0.1, -0.05) is 59.6 Å². The number of aliphatic imine (C=N–C) groups is 1. The van der Waals surface area contributed by atoms with Gasteiger partial charge in [0.25, 0.3) is 0 Å². The third-order valence-electron chi connectivity index (χ3n) is 4.44. The summed E-state index contributed by atoms with van der Waals surface area (Å²) >= 11 is 5.92. The van der Waals surface area contributed by atoms with Gasteiger partial charge in [0.2, 0.25) is 5.90 Å². The van der Waals surface area contributed by atoms with Crippen LogP contribution in [0.25, 0.3) is 6.08 Å². The van der Waals surface area contributed by atoms with Gasteiger partial charge in [-0.05, 0) is 48.9 Å². The quantitative estimate of drug-likeness (QED) is 0.413. The van der Waals surface area contributed by atoms with E-state index in [2.05, 4.69) is 4.99 Å². The monoisotopic (exact) mass is 403 g/mol. The molecule has 1 aliphatic heterocycles. The molecule has 3 aromatic rings. The van der Waals surface area contributed by atoms with Gasteiger partial charge in [-0.3, -0.25) is 0 Å². The lowest BCUT2D eigenvalue weighted by molar-refractivity contribution is -0.129. The molecule has 4 rings (SSSR count). The zero-order valence-corrected chi connectivity index (χ0v) is 16.5. The summed E-state index contributed by atoms with van der Waals surface area (Å²) in [7, 11) is 0. The van der Waals surface area contributed by atoms with E-state index in [1.165, 1.54) is 0 Å². The number of hydrogen-bond acceptors (Lipinski definition) is 4. The van der Waals surface area contributed by atoms with Gasteiger partial charge in [-0.2, -0.15) is 0 Å². The first-order chi connectivity index (χ1) is 14.1. The van der Waals surface area contributed by atoms with Gasteiger partial charge in [0.05, 0.1) is 0 Å². The van der Waals surface area contributed by atoms with Crippen molar-refractivity contribution in [2.24, 2.45) is 4.99 Å². The van der Waals surface area contributed by atoms with Gasteiger partial charge in [0.1, 0.15) is 12.4 Å². The van der Waals surface area contributed by atoms with Crippen LogP contribution in [0.3, 0.4) is 0 Å². The van der Waals surface area contributed by atoms with Gasteiger partial charge < -0.3 is 9.47 Å². The second-order valence-electron chi connectivity index (χ2n) is 6.66. The molecule has 5 heteroatoms. The number of para-hydroxylation sites is 1. The molecule has 1 heterocycles. The molecule has 0 saturated heterocycles. The fourth-order valence-corrected chi connectivity index (χ4v) is 2.97. The molecule has 29 heavy (non-hydrogen) atoms. The highest BCUT2D eigenvalue weighted by Crippen LogP contribution is 2.25. The average molecular weight is 404 g/mol. The normalized spacial score (nSPS) is 14.6. The molecular formula is C24H18ClNO3. The molecule has 0 unspecified atom stereocenters. The highest BCUT2D eigenvalue weighted by Gasteiger charge is 2.24. The van der Waals surface area contributed by atoms with Crippen LogP contribution >= 0.6 is 11.6 Å². The lowest BCUT2D eigenvalue weighted by Crippen LogP contribution is -2.05. The van der Waals surface area contributed by atoms with E-state index >= 15 is 0 Å². The molecule has 0 N–H and O–H groups in total. The van der Waals surface area contributed by atoms with Gasteiger partial charge in [0, 0.05) is 16.1 Å². The summed E-state index contributed by atoms with van der Waals surface area (Å²) in [6.45, 7) is 2.39. The molecule has 4 nitrogen and oxygen atoms in total. The van der Waals surface area contributed by atoms with Gasteiger partial charge >= 0.3 is 5.97 Å². The van der Waals surface area contributed by atoms with E-state index in [1.807, 2.05) is 79.7 Å². The van der Waals surface area contributed by atoms with E-state index in [0.29, 0.717) is 23.3 Å². The van der Waals surface area contributed by atoms with Crippen molar-refractivity contribution in [2.75, 3.05) is 0 Å². The summed E-state index contributed by atoms with van der Waals surface area (Å²) in [5, 5.41) is 0.681. The molecule has 0 aromatic heterocycles. The van der Waals surface area contributed by atoms with Crippen molar-refractivity contribution in [2.45, 2.75) is 13.5 Å². The Morgan fingerprint density at radius 3 is 2.48 bits per heavy atom. The van der Waals surface area contributed by atoms with Crippen LogP contribution in [0.4, 0.5) is 0 Å². The van der Waals surface area contributed by atoms with Crippen LogP contribution in [0.1, 0.15) is 22.3 Å². The number of carbonyl (C=O) groups excluding carboxylic acids is 1. The molecular weight excluding hydrogens is 386 g/mol. The Morgan fingerprint density at radius 2 is 1.72 bits per heavy atom. The van der Waals surface area contributed by atoms with Crippen molar-refractivity contribution in [3.05, 3.63) is 106 Å². The maximum atomic E-state index is 12.3. The van der Waals surface area contributed by atoms with Crippen LogP contribution < -0.4 is 4.74 Å². The Labute approximate surface area is 174 Å². The number of cyclic esters (lactones) is 1. The van der Waals surface area contributed by atoms with Crippen molar-refractivity contribution in [1.82, 2.24) is 0 Å². The van der Waals surface area contributed by atoms with Crippen LogP contribution in [0.5, 0.6) is 5.75 Å². The number of rotatable bonds is 5. The molecule has 0 aliphatic carbocycles. The predicted octanol–water partition coefficient (Wildman–Crippen LogP) is 5.57. The van der Waals surface area contributed by atoms with Gasteiger partial charge in [-0.15, -0.1) is 0 Å². The van der Waals surface area contributed by atoms with Crippen LogP contribution in [0, 0.1) is 6.92 Å². The summed E-state index contributed by atoms with van der Waals surface area (Å²) < 4.78 is 11.3. The first-order valence-electron chi connectivity index (χ1n) is 9.14. The van der Waals surface area contributed by atoms with E-state index < -0.39 is 5.97 Å². The Bertz CT molecular complexity index is 1100. The summed E-state index contributed by atoms with van der Waals surface area (Å²) in [4.78, 5) is 16.7. The Balaban J connectivity index is 1.56. The zero-order valence-electron chi connectivity index (χ0n) is 15.8. The first kappa shape index (κ1) is 19.0. The SMILES string of the molecule is Cc1ccc(C2=N/C(=C/c3ccccc3OCc3ccc(Cl)cc3)C(=O)O2)cc1. The van der Waals surface area contributed by atoms with Crippen LogP contribution in [0.15, 0.2) is 83.5 Å². The second-order valence-corrected chi connectivity index (χ2v) is 7.09. The van der Waals surface area contributed by atoms with Crippen molar-refractivity contribution < 1.29 is 14.3 Å². The average Bonchev–Trinajstić information content (AvgIpc) is 3.09. The molecule has 0 atom stereocenters. The fourth-order valence-electron chi connectivity index (χ4n) is 2.85. The molecule has 0 radical (unpaired) electrons. The highest BCUT2D eigenvalue weighted by molar-refractivity contribution is 6.30. The Morgan fingerprint density at radius 1 is 1.00 bits per heavy atom. The number of ether oxygens (including phenoxy) is 2. The predicted molar refractivity (Wildman–Crippen MR) is 114 cm³/mol. The maximum absolute atomic E-state index is 12.3. The van der Waals surface area contributed by atoms with Gasteiger partial charge in [-0.25, -0.2) is 9.79 Å². The topological polar surface area (TPSA) is 47.9 Å². The summed E-state index contributed by atoms with van der Waals surface area (Å²) in [6, 6.07) is 22.6. The van der Waals surface area contributed by atoms with E-state index in [0.717, 1.165) is 22.3 Å². The van der Waals surface area contributed by atoms with Crippen LogP contribution in [-0.4, -0.2) is 11.9 Å². The summed E-state index contributed by atoms with van der Waals surface area (Å²) in [5.41, 5.74) is 3.88. The third-order valence-corrected chi connectivity index (χ3v) is 4.69. The second kappa shape index (κ2) is 8.33. The van der Waals surface area contributed by atoms with Crippen molar-refractivity contribution in [3.63, 3.8) is 0 Å². The number of aryl methyl sites for hydroxylation is 1. The molecule has 0 spiro atoms. The highest BCUT2D eigenvalue weighted by atomic mass is 35.5. The minimum Gasteiger partial charge on any atom is -0.488 e.